The third-order valence-electron chi connectivity index (χ3n) is 3.57. The van der Waals surface area contributed by atoms with Crippen LogP contribution >= 0.6 is 0 Å². The zero-order valence-electron chi connectivity index (χ0n) is 11.5. The van der Waals surface area contributed by atoms with Crippen molar-refractivity contribution in [1.29, 1.82) is 0 Å². The molecule has 1 heterocycles. The number of aliphatic carboxylic acids is 1. The predicted molar refractivity (Wildman–Crippen MR) is 72.1 cm³/mol. The van der Waals surface area contributed by atoms with Crippen LogP contribution in [0.15, 0.2) is 18.7 Å². The van der Waals surface area contributed by atoms with E-state index in [4.69, 9.17) is 5.11 Å². The first-order valence-corrected chi connectivity index (χ1v) is 6.82. The molecular weight excluding hydrogens is 260 g/mol. The highest BCUT2D eigenvalue weighted by atomic mass is 16.4. The molecule has 110 valence electrons. The largest absolute Gasteiger partial charge is 0.481 e. The Morgan fingerprint density at radius 1 is 1.50 bits per heavy atom. The Balaban J connectivity index is 1.78. The van der Waals surface area contributed by atoms with Gasteiger partial charge in [-0.1, -0.05) is 6.42 Å². The number of hydrogen-bond acceptors (Lipinski definition) is 3. The zero-order chi connectivity index (χ0) is 14.5. The van der Waals surface area contributed by atoms with Crippen molar-refractivity contribution in [2.24, 2.45) is 5.92 Å². The lowest BCUT2D eigenvalue weighted by atomic mass is 10.0. The molecule has 3 unspecified atom stereocenters. The van der Waals surface area contributed by atoms with E-state index < -0.39 is 11.9 Å². The summed E-state index contributed by atoms with van der Waals surface area (Å²) in [4.78, 5) is 26.8. The van der Waals surface area contributed by atoms with Crippen molar-refractivity contribution in [3.8, 4) is 0 Å². The lowest BCUT2D eigenvalue weighted by molar-refractivity contribution is -0.142. The van der Waals surface area contributed by atoms with E-state index in [2.05, 4.69) is 15.6 Å². The van der Waals surface area contributed by atoms with Crippen molar-refractivity contribution in [1.82, 2.24) is 20.2 Å². The lowest BCUT2D eigenvalue weighted by Gasteiger charge is -2.20. The average Bonchev–Trinajstić information content (AvgIpc) is 2.99. The summed E-state index contributed by atoms with van der Waals surface area (Å²) < 4.78 is 1.88. The molecule has 0 radical (unpaired) electrons. The van der Waals surface area contributed by atoms with Crippen LogP contribution in [0.1, 0.15) is 26.2 Å². The fraction of sp³-hybridized carbons (Fsp3) is 0.615. The number of imidazole rings is 1. The molecule has 0 bridgehead atoms. The number of hydrogen-bond donors (Lipinski definition) is 3. The summed E-state index contributed by atoms with van der Waals surface area (Å²) in [7, 11) is 0. The van der Waals surface area contributed by atoms with Crippen LogP contribution in [0.4, 0.5) is 4.79 Å². The zero-order valence-corrected chi connectivity index (χ0v) is 11.5. The summed E-state index contributed by atoms with van der Waals surface area (Å²) in [6, 6.07) is -0.641. The SMILES string of the molecule is CC(Cn1ccnc1)NC(=O)NC1CCCC1C(=O)O. The number of carbonyl (C=O) groups excluding carboxylic acids is 1. The molecule has 7 nitrogen and oxygen atoms in total. The molecule has 3 atom stereocenters. The molecule has 1 aliphatic carbocycles. The van der Waals surface area contributed by atoms with Gasteiger partial charge in [0.05, 0.1) is 12.2 Å². The Labute approximate surface area is 117 Å². The molecule has 2 rings (SSSR count). The van der Waals surface area contributed by atoms with Crippen molar-refractivity contribution < 1.29 is 14.7 Å². The fourth-order valence-corrected chi connectivity index (χ4v) is 2.62. The number of carboxylic acids is 1. The second-order valence-corrected chi connectivity index (χ2v) is 5.26. The number of rotatable bonds is 5. The number of aromatic nitrogens is 2. The van der Waals surface area contributed by atoms with Gasteiger partial charge in [-0.3, -0.25) is 4.79 Å². The molecule has 1 aromatic rings. The van der Waals surface area contributed by atoms with Gasteiger partial charge in [-0.25, -0.2) is 9.78 Å². The van der Waals surface area contributed by atoms with Crippen LogP contribution in [0.5, 0.6) is 0 Å². The van der Waals surface area contributed by atoms with Crippen molar-refractivity contribution in [3.63, 3.8) is 0 Å². The summed E-state index contributed by atoms with van der Waals surface area (Å²) in [6.07, 6.45) is 7.39. The molecule has 2 amide bonds. The minimum Gasteiger partial charge on any atom is -0.481 e. The second kappa shape index (κ2) is 6.40. The van der Waals surface area contributed by atoms with Gasteiger partial charge in [0.25, 0.3) is 0 Å². The molecule has 1 aromatic heterocycles. The first kappa shape index (κ1) is 14.4. The van der Waals surface area contributed by atoms with Crippen molar-refractivity contribution >= 4 is 12.0 Å². The summed E-state index contributed by atoms with van der Waals surface area (Å²) in [5.41, 5.74) is 0. The molecule has 7 heteroatoms. The Kier molecular flexibility index (Phi) is 4.60. The van der Waals surface area contributed by atoms with Gasteiger partial charge in [-0.15, -0.1) is 0 Å². The number of carbonyl (C=O) groups is 2. The van der Waals surface area contributed by atoms with E-state index in [1.165, 1.54) is 0 Å². The third kappa shape index (κ3) is 3.72. The minimum atomic E-state index is -0.834. The Morgan fingerprint density at radius 3 is 2.95 bits per heavy atom. The van der Waals surface area contributed by atoms with Gasteiger partial charge in [0.2, 0.25) is 0 Å². The number of urea groups is 1. The van der Waals surface area contributed by atoms with Gasteiger partial charge >= 0.3 is 12.0 Å². The van der Waals surface area contributed by atoms with E-state index in [0.29, 0.717) is 13.0 Å². The highest BCUT2D eigenvalue weighted by molar-refractivity contribution is 5.77. The number of nitrogens with one attached hydrogen (secondary N) is 2. The Hall–Kier alpha value is -2.05. The van der Waals surface area contributed by atoms with E-state index in [0.717, 1.165) is 12.8 Å². The normalized spacial score (nSPS) is 23.2. The molecule has 1 aliphatic rings. The van der Waals surface area contributed by atoms with Gasteiger partial charge in [-0.2, -0.15) is 0 Å². The van der Waals surface area contributed by atoms with E-state index in [9.17, 15) is 9.59 Å². The molecule has 0 aromatic carbocycles. The van der Waals surface area contributed by atoms with Crippen LogP contribution in [0.25, 0.3) is 0 Å². The predicted octanol–water partition coefficient (Wildman–Crippen LogP) is 0.824. The fourth-order valence-electron chi connectivity index (χ4n) is 2.62. The molecule has 0 aliphatic heterocycles. The first-order chi connectivity index (χ1) is 9.56. The number of nitrogens with zero attached hydrogens (tertiary/aromatic N) is 2. The van der Waals surface area contributed by atoms with Crippen LogP contribution < -0.4 is 10.6 Å². The molecule has 1 fully saturated rings. The smallest absolute Gasteiger partial charge is 0.315 e. The van der Waals surface area contributed by atoms with E-state index in [1.54, 1.807) is 12.5 Å². The van der Waals surface area contributed by atoms with Gasteiger partial charge in [0.1, 0.15) is 0 Å². The standard InChI is InChI=1S/C13H20N4O3/c1-9(7-17-6-5-14-8-17)15-13(20)16-11-4-2-3-10(11)12(18)19/h5-6,8-11H,2-4,7H2,1H3,(H,18,19)(H2,15,16,20). The summed E-state index contributed by atoms with van der Waals surface area (Å²) in [6.45, 7) is 2.52. The first-order valence-electron chi connectivity index (χ1n) is 6.82. The van der Waals surface area contributed by atoms with Gasteiger partial charge in [0, 0.05) is 31.0 Å². The van der Waals surface area contributed by atoms with Crippen molar-refractivity contribution in [2.75, 3.05) is 0 Å². The minimum absolute atomic E-state index is 0.0612. The summed E-state index contributed by atoms with van der Waals surface area (Å²) in [5, 5.41) is 14.6. The molecule has 3 N–H and O–H groups in total. The quantitative estimate of drug-likeness (QED) is 0.744. The summed E-state index contributed by atoms with van der Waals surface area (Å²) >= 11 is 0. The third-order valence-corrected chi connectivity index (χ3v) is 3.57. The van der Waals surface area contributed by atoms with E-state index in [1.807, 2.05) is 17.7 Å². The maximum absolute atomic E-state index is 11.9. The molecule has 0 saturated heterocycles. The van der Waals surface area contributed by atoms with Crippen LogP contribution in [0, 0.1) is 5.92 Å². The summed E-state index contributed by atoms with van der Waals surface area (Å²) in [5.74, 6) is -1.30. The molecule has 0 spiro atoms. The van der Waals surface area contributed by atoms with E-state index in [-0.39, 0.29) is 18.1 Å². The molecule has 1 saturated carbocycles. The molecular formula is C13H20N4O3. The monoisotopic (exact) mass is 280 g/mol. The molecule has 20 heavy (non-hydrogen) atoms. The number of carboxylic acid groups (broad SMARTS) is 1. The van der Waals surface area contributed by atoms with Crippen LogP contribution in [0.2, 0.25) is 0 Å². The second-order valence-electron chi connectivity index (χ2n) is 5.26. The Bertz CT molecular complexity index is 460. The topological polar surface area (TPSA) is 96.3 Å². The van der Waals surface area contributed by atoms with Crippen molar-refractivity contribution in [3.05, 3.63) is 18.7 Å². The number of amides is 2. The van der Waals surface area contributed by atoms with E-state index >= 15 is 0 Å². The van der Waals surface area contributed by atoms with Crippen LogP contribution in [-0.4, -0.2) is 38.7 Å². The lowest BCUT2D eigenvalue weighted by Crippen LogP contribution is -2.48. The van der Waals surface area contributed by atoms with Gasteiger partial charge in [-0.05, 0) is 19.8 Å². The maximum Gasteiger partial charge on any atom is 0.315 e. The maximum atomic E-state index is 11.9. The average molecular weight is 280 g/mol. The van der Waals surface area contributed by atoms with Crippen LogP contribution in [0.3, 0.4) is 0 Å². The van der Waals surface area contributed by atoms with Crippen LogP contribution in [-0.2, 0) is 11.3 Å². The highest BCUT2D eigenvalue weighted by Gasteiger charge is 2.33. The highest BCUT2D eigenvalue weighted by Crippen LogP contribution is 2.25. The van der Waals surface area contributed by atoms with Gasteiger partial charge < -0.3 is 20.3 Å². The Morgan fingerprint density at radius 2 is 2.30 bits per heavy atom. The van der Waals surface area contributed by atoms with Gasteiger partial charge in [0.15, 0.2) is 0 Å². The van der Waals surface area contributed by atoms with Crippen molar-refractivity contribution in [2.45, 2.75) is 44.8 Å².